The zero-order valence-corrected chi connectivity index (χ0v) is 14.4. The van der Waals surface area contributed by atoms with Gasteiger partial charge in [0.2, 0.25) is 0 Å². The van der Waals surface area contributed by atoms with Crippen molar-refractivity contribution in [1.29, 1.82) is 0 Å². The highest BCUT2D eigenvalue weighted by atomic mass is 16.3. The van der Waals surface area contributed by atoms with Crippen LogP contribution >= 0.6 is 0 Å². The zero-order chi connectivity index (χ0) is 15.8. The molecule has 2 unspecified atom stereocenters. The Morgan fingerprint density at radius 2 is 0.905 bits per heavy atom. The Morgan fingerprint density at radius 3 is 1.29 bits per heavy atom. The molecule has 2 atom stereocenters. The van der Waals surface area contributed by atoms with Crippen LogP contribution < -0.4 is 5.32 Å². The van der Waals surface area contributed by atoms with Gasteiger partial charge in [-0.05, 0) is 25.7 Å². The lowest BCUT2D eigenvalue weighted by Gasteiger charge is -2.18. The van der Waals surface area contributed by atoms with Crippen molar-refractivity contribution in [3.63, 3.8) is 0 Å². The van der Waals surface area contributed by atoms with Crippen molar-refractivity contribution in [2.45, 2.75) is 116 Å². The number of unbranched alkanes of at least 4 members (excludes halogenated alkanes) is 10. The topological polar surface area (TPSA) is 52.5 Å². The van der Waals surface area contributed by atoms with Crippen molar-refractivity contribution in [2.24, 2.45) is 0 Å². The first kappa shape index (κ1) is 20.9. The summed E-state index contributed by atoms with van der Waals surface area (Å²) >= 11 is 0. The van der Waals surface area contributed by atoms with Crippen LogP contribution in [0.25, 0.3) is 0 Å². The lowest BCUT2D eigenvalue weighted by Crippen LogP contribution is -2.38. The molecule has 3 heteroatoms. The molecule has 0 rings (SSSR count). The summed E-state index contributed by atoms with van der Waals surface area (Å²) in [5.74, 6) is 0. The van der Waals surface area contributed by atoms with Crippen LogP contribution in [0.5, 0.6) is 0 Å². The van der Waals surface area contributed by atoms with E-state index in [0.29, 0.717) is 0 Å². The first-order valence-electron chi connectivity index (χ1n) is 9.32. The Balaban J connectivity index is 3.32. The molecule has 0 aliphatic rings. The number of hydrogen-bond donors (Lipinski definition) is 3. The largest absolute Gasteiger partial charge is 0.379 e. The first-order valence-corrected chi connectivity index (χ1v) is 9.32. The molecule has 0 spiro atoms. The maximum atomic E-state index is 9.83. The normalized spacial score (nSPS) is 14.3. The van der Waals surface area contributed by atoms with Crippen LogP contribution in [0.15, 0.2) is 0 Å². The molecule has 0 fully saturated rings. The Labute approximate surface area is 132 Å². The SMILES string of the molecule is CCCCCCCCCC(O)NC(O)CCCCCCC. The van der Waals surface area contributed by atoms with E-state index < -0.39 is 12.5 Å². The van der Waals surface area contributed by atoms with Gasteiger partial charge in [0.15, 0.2) is 0 Å². The van der Waals surface area contributed by atoms with E-state index in [1.54, 1.807) is 0 Å². The van der Waals surface area contributed by atoms with Gasteiger partial charge in [0.1, 0.15) is 12.5 Å². The Bertz CT molecular complexity index is 200. The highest BCUT2D eigenvalue weighted by Crippen LogP contribution is 2.10. The van der Waals surface area contributed by atoms with Crippen LogP contribution in [0.2, 0.25) is 0 Å². The summed E-state index contributed by atoms with van der Waals surface area (Å²) in [5, 5.41) is 22.5. The second-order valence-corrected chi connectivity index (χ2v) is 6.31. The zero-order valence-electron chi connectivity index (χ0n) is 14.4. The molecular formula is C18H39NO2. The molecule has 0 heterocycles. The summed E-state index contributed by atoms with van der Waals surface area (Å²) in [5.41, 5.74) is 0. The molecule has 0 aromatic rings. The van der Waals surface area contributed by atoms with Crippen molar-refractivity contribution >= 4 is 0 Å². The summed E-state index contributed by atoms with van der Waals surface area (Å²) in [6.45, 7) is 4.44. The fraction of sp³-hybridized carbons (Fsp3) is 1.00. The monoisotopic (exact) mass is 301 g/mol. The predicted octanol–water partition coefficient (Wildman–Crippen LogP) is 4.71. The van der Waals surface area contributed by atoms with Crippen molar-refractivity contribution in [2.75, 3.05) is 0 Å². The summed E-state index contributed by atoms with van der Waals surface area (Å²) < 4.78 is 0. The molecule has 21 heavy (non-hydrogen) atoms. The maximum absolute atomic E-state index is 9.83. The van der Waals surface area contributed by atoms with Crippen molar-refractivity contribution in [3.05, 3.63) is 0 Å². The van der Waals surface area contributed by atoms with E-state index in [2.05, 4.69) is 19.2 Å². The average Bonchev–Trinajstić information content (AvgIpc) is 2.46. The molecule has 0 aliphatic heterocycles. The number of aliphatic hydroxyl groups excluding tert-OH is 2. The molecule has 3 N–H and O–H groups in total. The second-order valence-electron chi connectivity index (χ2n) is 6.31. The minimum atomic E-state index is -0.550. The van der Waals surface area contributed by atoms with Gasteiger partial charge in [-0.1, -0.05) is 78.1 Å². The molecule has 0 aliphatic carbocycles. The van der Waals surface area contributed by atoms with Crippen molar-refractivity contribution in [1.82, 2.24) is 5.32 Å². The molecule has 0 aromatic carbocycles. The number of rotatable bonds is 16. The molecule has 0 aromatic heterocycles. The van der Waals surface area contributed by atoms with Crippen molar-refractivity contribution in [3.8, 4) is 0 Å². The number of nitrogens with one attached hydrogen (secondary N) is 1. The van der Waals surface area contributed by atoms with E-state index in [1.807, 2.05) is 0 Å². The van der Waals surface area contributed by atoms with Crippen LogP contribution in [0.3, 0.4) is 0 Å². The molecule has 128 valence electrons. The first-order chi connectivity index (χ1) is 10.2. The predicted molar refractivity (Wildman–Crippen MR) is 91.1 cm³/mol. The minimum Gasteiger partial charge on any atom is -0.379 e. The van der Waals surface area contributed by atoms with Gasteiger partial charge in [-0.25, -0.2) is 0 Å². The van der Waals surface area contributed by atoms with Gasteiger partial charge < -0.3 is 10.2 Å². The fourth-order valence-corrected chi connectivity index (χ4v) is 2.62. The summed E-state index contributed by atoms with van der Waals surface area (Å²) in [6, 6.07) is 0. The quantitative estimate of drug-likeness (QED) is 0.286. The van der Waals surface area contributed by atoms with E-state index in [1.165, 1.54) is 64.2 Å². The molecule has 0 amide bonds. The summed E-state index contributed by atoms with van der Waals surface area (Å²) in [6.07, 6.45) is 15.2. The fourth-order valence-electron chi connectivity index (χ4n) is 2.62. The van der Waals surface area contributed by atoms with Gasteiger partial charge >= 0.3 is 0 Å². The van der Waals surface area contributed by atoms with Crippen molar-refractivity contribution < 1.29 is 10.2 Å². The van der Waals surface area contributed by atoms with Crippen LogP contribution in [0.4, 0.5) is 0 Å². The highest BCUT2D eigenvalue weighted by molar-refractivity contribution is 4.59. The lowest BCUT2D eigenvalue weighted by molar-refractivity contribution is 0.0310. The second kappa shape index (κ2) is 16.3. The van der Waals surface area contributed by atoms with E-state index in [9.17, 15) is 10.2 Å². The van der Waals surface area contributed by atoms with Crippen LogP contribution in [-0.2, 0) is 0 Å². The maximum Gasteiger partial charge on any atom is 0.106 e. The van der Waals surface area contributed by atoms with Crippen LogP contribution in [0, 0.1) is 0 Å². The molecule has 3 nitrogen and oxygen atoms in total. The van der Waals surface area contributed by atoms with E-state index in [-0.39, 0.29) is 0 Å². The van der Waals surface area contributed by atoms with Gasteiger partial charge in [-0.3, -0.25) is 5.32 Å². The number of aliphatic hydroxyl groups is 2. The molecule has 0 bridgehead atoms. The Hall–Kier alpha value is -0.120. The third-order valence-electron chi connectivity index (χ3n) is 4.05. The van der Waals surface area contributed by atoms with E-state index in [4.69, 9.17) is 0 Å². The molecule has 0 radical (unpaired) electrons. The molecule has 0 saturated heterocycles. The number of hydrogen-bond acceptors (Lipinski definition) is 3. The average molecular weight is 302 g/mol. The van der Waals surface area contributed by atoms with Gasteiger partial charge in [-0.15, -0.1) is 0 Å². The smallest absolute Gasteiger partial charge is 0.106 e. The standard InChI is InChI=1S/C18H39NO2/c1-3-5-7-9-10-12-14-16-18(21)19-17(20)15-13-11-8-6-4-2/h17-21H,3-16H2,1-2H3. The Kier molecular flexibility index (Phi) is 16.2. The summed E-state index contributed by atoms with van der Waals surface area (Å²) in [7, 11) is 0. The van der Waals surface area contributed by atoms with Crippen LogP contribution in [0.1, 0.15) is 104 Å². The third kappa shape index (κ3) is 16.1. The molecule has 0 saturated carbocycles. The van der Waals surface area contributed by atoms with E-state index >= 15 is 0 Å². The summed E-state index contributed by atoms with van der Waals surface area (Å²) in [4.78, 5) is 0. The highest BCUT2D eigenvalue weighted by Gasteiger charge is 2.09. The van der Waals surface area contributed by atoms with Gasteiger partial charge in [-0.2, -0.15) is 0 Å². The van der Waals surface area contributed by atoms with E-state index in [0.717, 1.165) is 25.7 Å². The lowest BCUT2D eigenvalue weighted by atomic mass is 10.1. The van der Waals surface area contributed by atoms with Gasteiger partial charge in [0, 0.05) is 0 Å². The third-order valence-corrected chi connectivity index (χ3v) is 4.05. The van der Waals surface area contributed by atoms with Gasteiger partial charge in [0.05, 0.1) is 0 Å². The minimum absolute atomic E-state index is 0.550. The van der Waals surface area contributed by atoms with Crippen LogP contribution in [-0.4, -0.2) is 22.7 Å². The molecular weight excluding hydrogens is 262 g/mol. The van der Waals surface area contributed by atoms with Gasteiger partial charge in [0.25, 0.3) is 0 Å². The Morgan fingerprint density at radius 1 is 0.571 bits per heavy atom.